The molecule has 0 saturated carbocycles. The summed E-state index contributed by atoms with van der Waals surface area (Å²) in [6.45, 7) is 18.0. The number of rotatable bonds is 19. The molecule has 0 unspecified atom stereocenters. The molecule has 2 saturated heterocycles. The number of carbonyl (C=O) groups excluding carboxylic acids is 5. The highest BCUT2D eigenvalue weighted by Crippen LogP contribution is 2.41. The molecule has 5 heterocycles. The lowest BCUT2D eigenvalue weighted by Gasteiger charge is -2.36. The third kappa shape index (κ3) is 13.1. The molecule has 16 nitrogen and oxygen atoms in total. The third-order valence-corrected chi connectivity index (χ3v) is 15.0. The number of carbonyl (C=O) groups is 5. The Kier molecular flexibility index (Phi) is 17.9. The van der Waals surface area contributed by atoms with Crippen molar-refractivity contribution < 1.29 is 33.4 Å². The number of thiazole rings is 1. The second-order valence-electron chi connectivity index (χ2n) is 21.2. The van der Waals surface area contributed by atoms with Gasteiger partial charge in [0.15, 0.2) is 0 Å². The maximum Gasteiger partial charge on any atom is 0.298 e. The molecule has 0 spiro atoms. The molecular weight excluding hydrogens is 919 g/mol. The first-order valence-corrected chi connectivity index (χ1v) is 25.7. The predicted molar refractivity (Wildman–Crippen MR) is 278 cm³/mol. The Hall–Kier alpha value is -5.67. The van der Waals surface area contributed by atoms with Gasteiger partial charge in [0.25, 0.3) is 18.3 Å². The minimum Gasteiger partial charge on any atom is -0.467 e. The zero-order chi connectivity index (χ0) is 51.9. The number of likely N-dealkylation sites (N-methyl/N-ethyl adjacent to an activating group) is 1. The molecule has 71 heavy (non-hydrogen) atoms. The van der Waals surface area contributed by atoms with Gasteiger partial charge in [0.1, 0.15) is 12.1 Å². The summed E-state index contributed by atoms with van der Waals surface area (Å²) in [6.07, 6.45) is 4.81. The van der Waals surface area contributed by atoms with Gasteiger partial charge in [0, 0.05) is 98.7 Å². The van der Waals surface area contributed by atoms with Gasteiger partial charge in [-0.3, -0.25) is 38.9 Å². The van der Waals surface area contributed by atoms with E-state index in [0.717, 1.165) is 57.5 Å². The van der Waals surface area contributed by atoms with E-state index in [-0.39, 0.29) is 61.2 Å². The van der Waals surface area contributed by atoms with E-state index in [9.17, 15) is 24.0 Å². The summed E-state index contributed by atoms with van der Waals surface area (Å²) in [7, 11) is 9.20. The average Bonchev–Trinajstić information content (AvgIpc) is 4.07. The summed E-state index contributed by atoms with van der Waals surface area (Å²) in [6, 6.07) is 8.52. The van der Waals surface area contributed by atoms with Crippen molar-refractivity contribution in [2.75, 3.05) is 54.5 Å². The Morgan fingerprint density at radius 3 is 2.49 bits per heavy atom. The van der Waals surface area contributed by atoms with Crippen LogP contribution in [0, 0.1) is 29.1 Å². The topological polar surface area (TPSA) is 172 Å². The van der Waals surface area contributed by atoms with Gasteiger partial charge in [-0.25, -0.2) is 10.4 Å². The third-order valence-electron chi connectivity index (χ3n) is 14.2. The lowest BCUT2D eigenvalue weighted by atomic mass is 9.84. The molecule has 1 aromatic carbocycles. The fraction of sp³-hybridized carbons (Fsp3) is 0.574. The molecule has 0 aliphatic carbocycles. The minimum absolute atomic E-state index is 0.0705. The van der Waals surface area contributed by atoms with Crippen LogP contribution in [0.2, 0.25) is 0 Å². The van der Waals surface area contributed by atoms with Crippen LogP contribution in [0.25, 0.3) is 33.4 Å². The number of nitrogens with one attached hydrogen (secondary N) is 2. The van der Waals surface area contributed by atoms with E-state index in [1.54, 1.807) is 30.3 Å². The first-order chi connectivity index (χ1) is 33.5. The molecule has 2 aliphatic rings. The van der Waals surface area contributed by atoms with Crippen LogP contribution in [0.3, 0.4) is 0 Å². The fourth-order valence-corrected chi connectivity index (χ4v) is 10.4. The van der Waals surface area contributed by atoms with E-state index in [1.165, 1.54) is 16.2 Å². The highest BCUT2D eigenvalue weighted by Gasteiger charge is 2.37. The highest BCUT2D eigenvalue weighted by molar-refractivity contribution is 7.10. The number of fused-ring (bicyclic) bond motifs is 1. The van der Waals surface area contributed by atoms with Crippen molar-refractivity contribution in [1.29, 1.82) is 0 Å². The van der Waals surface area contributed by atoms with Crippen molar-refractivity contribution in [3.63, 3.8) is 0 Å². The molecule has 4 aromatic rings. The predicted octanol–water partition coefficient (Wildman–Crippen LogP) is 6.42. The Labute approximate surface area is 424 Å². The number of hydrogen-bond acceptors (Lipinski definition) is 12. The zero-order valence-corrected chi connectivity index (χ0v) is 44.9. The molecule has 17 heteroatoms. The van der Waals surface area contributed by atoms with Crippen LogP contribution in [0.1, 0.15) is 103 Å². The smallest absolute Gasteiger partial charge is 0.298 e. The highest BCUT2D eigenvalue weighted by atomic mass is 32.1. The van der Waals surface area contributed by atoms with E-state index in [0.29, 0.717) is 44.0 Å². The van der Waals surface area contributed by atoms with Crippen LogP contribution in [-0.4, -0.2) is 143 Å². The molecule has 4 amide bonds. The first-order valence-electron chi connectivity index (χ1n) is 24.8. The second-order valence-corrected chi connectivity index (χ2v) is 22.2. The lowest BCUT2D eigenvalue weighted by Crippen LogP contribution is -2.60. The number of hydrazine groups is 1. The number of nitrogens with zero attached hydrogens (tertiary/aromatic N) is 7. The van der Waals surface area contributed by atoms with Crippen LogP contribution in [0.4, 0.5) is 0 Å². The van der Waals surface area contributed by atoms with Crippen LogP contribution in [-0.2, 0) is 53.3 Å². The van der Waals surface area contributed by atoms with Gasteiger partial charge < -0.3 is 29.2 Å². The molecule has 2 fully saturated rings. The lowest BCUT2D eigenvalue weighted by molar-refractivity contribution is -0.145. The fourth-order valence-electron chi connectivity index (χ4n) is 9.58. The van der Waals surface area contributed by atoms with Crippen molar-refractivity contribution in [2.24, 2.45) is 24.3 Å². The molecule has 3 aromatic heterocycles. The Morgan fingerprint density at radius 1 is 1.07 bits per heavy atom. The van der Waals surface area contributed by atoms with Crippen molar-refractivity contribution in [3.05, 3.63) is 58.2 Å². The van der Waals surface area contributed by atoms with Crippen molar-refractivity contribution >= 4 is 52.3 Å². The van der Waals surface area contributed by atoms with E-state index < -0.39 is 28.9 Å². The zero-order valence-electron chi connectivity index (χ0n) is 44.1. The van der Waals surface area contributed by atoms with E-state index in [1.807, 2.05) is 85.1 Å². The van der Waals surface area contributed by atoms with Crippen LogP contribution in [0.5, 0.6) is 0 Å². The van der Waals surface area contributed by atoms with Gasteiger partial charge in [0.2, 0.25) is 11.8 Å². The number of methoxy groups -OCH3 is 1. The molecular formula is C54H75N9O7S. The normalized spacial score (nSPS) is 17.7. The monoisotopic (exact) mass is 994 g/mol. The van der Waals surface area contributed by atoms with Crippen LogP contribution in [0.15, 0.2) is 41.9 Å². The van der Waals surface area contributed by atoms with Gasteiger partial charge in [-0.05, 0) is 115 Å². The molecule has 0 radical (unpaired) electrons. The summed E-state index contributed by atoms with van der Waals surface area (Å²) in [5.74, 6) is 4.37. The molecule has 2 aliphatic heterocycles. The summed E-state index contributed by atoms with van der Waals surface area (Å²) in [5, 5.41) is 8.35. The van der Waals surface area contributed by atoms with Crippen molar-refractivity contribution in [2.45, 2.75) is 124 Å². The molecule has 0 bridgehead atoms. The van der Waals surface area contributed by atoms with E-state index >= 15 is 0 Å². The number of pyridine rings is 1. The standard InChI is InChI=1S/C54H75N9O7S/c1-34(2)49(61(12)47(66)26-37-21-25-62(30-37)46(65)20-22-54(7,8)59(9)10)51(67)57-42(52(68)63-24-15-16-35(3)58-63)28-45-56-43(31-71-45)38-18-19-44-40(27-38)41(29-53(5,6)32-70-33-64)50(60(44)11)39-17-14-23-55-48(39)36(4)69-13/h14,17-19,23,27,31,33-37,42,49,58H,15-16,21,24-26,28-30,32H2,1-13H3,(H,57,67)/t35-,36+,37-,42+,49+/m1/s1. The largest absolute Gasteiger partial charge is 0.467 e. The number of aromatic nitrogens is 3. The maximum absolute atomic E-state index is 14.5. The van der Waals surface area contributed by atoms with E-state index in [2.05, 4.69) is 59.2 Å². The summed E-state index contributed by atoms with van der Waals surface area (Å²) >= 11 is 1.42. The SMILES string of the molecule is CO[C@@H](C)c1ncccc1-c1c(CC(C)(C)COC=O)c2cc(-c3csc(C[C@H](NC(=O)[C@H](C(C)C)N(C)C(=O)C[C@H]4CCN(C(=O)C#CC(C)(C)N(C)C)C4)C(=O)N4CCC[C@@H](C)N4)n3)ccc2n1C. The quantitative estimate of drug-likeness (QED) is 0.0785. The number of likely N-dealkylation sites (tertiary alicyclic amines) is 1. The van der Waals surface area contributed by atoms with Crippen molar-refractivity contribution in [1.82, 2.24) is 45.0 Å². The molecule has 5 atom stereocenters. The molecule has 384 valence electrons. The van der Waals surface area contributed by atoms with E-state index in [4.69, 9.17) is 19.4 Å². The molecule has 2 N–H and O–H groups in total. The first kappa shape index (κ1) is 54.7. The van der Waals surface area contributed by atoms with Gasteiger partial charge in [-0.15, -0.1) is 11.3 Å². The van der Waals surface area contributed by atoms with Gasteiger partial charge in [-0.1, -0.05) is 39.7 Å². The number of hydrogen-bond donors (Lipinski definition) is 2. The Morgan fingerprint density at radius 2 is 1.82 bits per heavy atom. The van der Waals surface area contributed by atoms with Crippen molar-refractivity contribution in [3.8, 4) is 34.4 Å². The second kappa shape index (κ2) is 23.3. The summed E-state index contributed by atoms with van der Waals surface area (Å²) in [5.41, 5.74) is 8.88. The Balaban J connectivity index is 1.26. The number of ether oxygens (including phenoxy) is 2. The van der Waals surface area contributed by atoms with Gasteiger partial charge in [0.05, 0.1) is 40.3 Å². The minimum atomic E-state index is -0.971. The maximum atomic E-state index is 14.5. The number of aryl methyl sites for hydroxylation is 1. The average molecular weight is 994 g/mol. The number of amides is 4. The summed E-state index contributed by atoms with van der Waals surface area (Å²) in [4.78, 5) is 82.2. The van der Waals surface area contributed by atoms with Gasteiger partial charge >= 0.3 is 0 Å². The van der Waals surface area contributed by atoms with Crippen LogP contribution < -0.4 is 10.7 Å². The Bertz CT molecular complexity index is 2630. The summed E-state index contributed by atoms with van der Waals surface area (Å²) < 4.78 is 13.2. The van der Waals surface area contributed by atoms with Gasteiger partial charge in [-0.2, -0.15) is 0 Å². The molecule has 6 rings (SSSR count). The number of benzene rings is 1. The van der Waals surface area contributed by atoms with Crippen LogP contribution >= 0.6 is 11.3 Å².